The standard InChI is InChI=1S/C33H44NO/c1-8-18-33(10-3)27(9-2)22-34-23-28(35-7)15-17-31(34)29-20-26(14-16-30(29)33)25-13-11-12-24(19-25)21-32(4,5)6/h11-17,19-20,23,27H,8-10,18,21-22H2,1-7H3/q+1. The van der Waals surface area contributed by atoms with Crippen LogP contribution >= 0.6 is 0 Å². The second-order valence-electron chi connectivity index (χ2n) is 11.7. The normalized spacial score (nSPS) is 19.6. The third kappa shape index (κ3) is 5.03. The minimum atomic E-state index is 0.185. The van der Waals surface area contributed by atoms with Crippen molar-refractivity contribution in [2.24, 2.45) is 11.3 Å². The van der Waals surface area contributed by atoms with Gasteiger partial charge in [-0.05, 0) is 65.5 Å². The van der Waals surface area contributed by atoms with Crippen LogP contribution in [0.15, 0.2) is 60.8 Å². The molecule has 35 heavy (non-hydrogen) atoms. The zero-order valence-electron chi connectivity index (χ0n) is 22.9. The Bertz CT molecular complexity index is 1170. The number of nitrogens with zero attached hydrogens (tertiary/aromatic N) is 1. The number of hydrogen-bond donors (Lipinski definition) is 0. The average Bonchev–Trinajstić information content (AvgIpc) is 2.95. The fraction of sp³-hybridized carbons (Fsp3) is 0.485. The number of fused-ring (bicyclic) bond motifs is 3. The van der Waals surface area contributed by atoms with Crippen LogP contribution in [0.3, 0.4) is 0 Å². The van der Waals surface area contributed by atoms with Crippen molar-refractivity contribution in [3.8, 4) is 28.1 Å². The van der Waals surface area contributed by atoms with Crippen LogP contribution in [0.2, 0.25) is 0 Å². The molecule has 0 fully saturated rings. The molecular weight excluding hydrogens is 426 g/mol. The van der Waals surface area contributed by atoms with E-state index in [0.717, 1.165) is 18.7 Å². The summed E-state index contributed by atoms with van der Waals surface area (Å²) in [6.07, 6.45) is 8.05. The summed E-state index contributed by atoms with van der Waals surface area (Å²) in [4.78, 5) is 0. The molecule has 0 saturated heterocycles. The Kier molecular flexibility index (Phi) is 7.40. The van der Waals surface area contributed by atoms with Crippen molar-refractivity contribution >= 4 is 0 Å². The summed E-state index contributed by atoms with van der Waals surface area (Å²) in [6.45, 7) is 15.1. The van der Waals surface area contributed by atoms with Gasteiger partial charge in [0.2, 0.25) is 11.9 Å². The van der Waals surface area contributed by atoms with Gasteiger partial charge in [-0.1, -0.05) is 84.4 Å². The molecule has 2 aromatic carbocycles. The van der Waals surface area contributed by atoms with E-state index in [1.165, 1.54) is 59.2 Å². The third-order valence-electron chi connectivity index (χ3n) is 8.08. The molecule has 4 rings (SSSR count). The van der Waals surface area contributed by atoms with E-state index in [1.54, 1.807) is 7.11 Å². The maximum absolute atomic E-state index is 5.63. The molecule has 186 valence electrons. The molecule has 0 aliphatic carbocycles. The smallest absolute Gasteiger partial charge is 0.213 e. The molecule has 0 amide bonds. The van der Waals surface area contributed by atoms with Crippen LogP contribution < -0.4 is 9.30 Å². The molecule has 1 aliphatic rings. The van der Waals surface area contributed by atoms with Crippen LogP contribution in [0.25, 0.3) is 22.4 Å². The lowest BCUT2D eigenvalue weighted by Gasteiger charge is -2.39. The molecule has 0 N–H and O–H groups in total. The van der Waals surface area contributed by atoms with Crippen molar-refractivity contribution in [3.05, 3.63) is 71.9 Å². The first kappa shape index (κ1) is 25.5. The van der Waals surface area contributed by atoms with Crippen molar-refractivity contribution in [2.45, 2.75) is 85.6 Å². The molecule has 2 unspecified atom stereocenters. The molecule has 0 saturated carbocycles. The van der Waals surface area contributed by atoms with E-state index >= 15 is 0 Å². The lowest BCUT2D eigenvalue weighted by atomic mass is 9.64. The van der Waals surface area contributed by atoms with Crippen molar-refractivity contribution in [3.63, 3.8) is 0 Å². The number of aromatic nitrogens is 1. The fourth-order valence-corrected chi connectivity index (χ4v) is 6.48. The number of methoxy groups -OCH3 is 1. The van der Waals surface area contributed by atoms with Crippen LogP contribution in [0.4, 0.5) is 0 Å². The largest absolute Gasteiger partial charge is 0.491 e. The van der Waals surface area contributed by atoms with Gasteiger partial charge >= 0.3 is 0 Å². The second-order valence-corrected chi connectivity index (χ2v) is 11.7. The topological polar surface area (TPSA) is 13.1 Å². The Morgan fingerprint density at radius 1 is 0.971 bits per heavy atom. The van der Waals surface area contributed by atoms with E-state index in [4.69, 9.17) is 4.74 Å². The highest BCUT2D eigenvalue weighted by molar-refractivity contribution is 5.74. The van der Waals surface area contributed by atoms with E-state index in [-0.39, 0.29) is 10.8 Å². The van der Waals surface area contributed by atoms with Gasteiger partial charge in [0, 0.05) is 17.4 Å². The molecule has 0 spiro atoms. The zero-order valence-corrected chi connectivity index (χ0v) is 22.9. The van der Waals surface area contributed by atoms with Crippen LogP contribution in [0.5, 0.6) is 5.75 Å². The van der Waals surface area contributed by atoms with E-state index in [1.807, 2.05) is 0 Å². The molecule has 2 atom stereocenters. The van der Waals surface area contributed by atoms with E-state index in [0.29, 0.717) is 5.92 Å². The van der Waals surface area contributed by atoms with Gasteiger partial charge in [0.25, 0.3) is 0 Å². The van der Waals surface area contributed by atoms with Gasteiger partial charge in [0.1, 0.15) is 0 Å². The van der Waals surface area contributed by atoms with Gasteiger partial charge in [-0.2, -0.15) is 4.57 Å². The fourth-order valence-electron chi connectivity index (χ4n) is 6.48. The number of hydrogen-bond acceptors (Lipinski definition) is 1. The van der Waals surface area contributed by atoms with E-state index < -0.39 is 0 Å². The Labute approximate surface area is 213 Å². The molecule has 0 bridgehead atoms. The minimum absolute atomic E-state index is 0.185. The molecular formula is C33H44NO+. The molecule has 3 aromatic rings. The highest BCUT2D eigenvalue weighted by Crippen LogP contribution is 2.48. The van der Waals surface area contributed by atoms with Crippen molar-refractivity contribution in [1.82, 2.24) is 0 Å². The van der Waals surface area contributed by atoms with Crippen LogP contribution in [-0.4, -0.2) is 7.11 Å². The summed E-state index contributed by atoms with van der Waals surface area (Å²) in [5.41, 5.74) is 8.70. The Morgan fingerprint density at radius 3 is 2.40 bits per heavy atom. The first-order chi connectivity index (χ1) is 16.7. The SMILES string of the molecule is CCCC1(CC)c2ccc(-c3cccc(CC(C)(C)C)c3)cc2-c2ccc(OC)c[n+]2CC1CC. The highest BCUT2D eigenvalue weighted by Gasteiger charge is 2.44. The predicted molar refractivity (Wildman–Crippen MR) is 148 cm³/mol. The van der Waals surface area contributed by atoms with Gasteiger partial charge in [0.05, 0.1) is 12.7 Å². The lowest BCUT2D eigenvalue weighted by Crippen LogP contribution is -2.44. The molecule has 2 nitrogen and oxygen atoms in total. The maximum atomic E-state index is 5.63. The highest BCUT2D eigenvalue weighted by atomic mass is 16.5. The third-order valence-corrected chi connectivity index (χ3v) is 8.08. The Morgan fingerprint density at radius 2 is 1.74 bits per heavy atom. The predicted octanol–water partition coefficient (Wildman–Crippen LogP) is 8.39. The molecule has 2 heteroatoms. The van der Waals surface area contributed by atoms with Gasteiger partial charge in [-0.15, -0.1) is 0 Å². The molecule has 1 aromatic heterocycles. The van der Waals surface area contributed by atoms with Crippen molar-refractivity contribution < 1.29 is 9.30 Å². The first-order valence-corrected chi connectivity index (χ1v) is 13.6. The van der Waals surface area contributed by atoms with Crippen molar-refractivity contribution in [1.29, 1.82) is 0 Å². The van der Waals surface area contributed by atoms with Crippen LogP contribution in [0, 0.1) is 11.3 Å². The lowest BCUT2D eigenvalue weighted by molar-refractivity contribution is -0.693. The van der Waals surface area contributed by atoms with E-state index in [9.17, 15) is 0 Å². The van der Waals surface area contributed by atoms with Crippen LogP contribution in [-0.2, 0) is 18.4 Å². The summed E-state index contributed by atoms with van der Waals surface area (Å²) in [5.74, 6) is 1.51. The molecule has 1 aliphatic heterocycles. The molecule has 2 heterocycles. The number of ether oxygens (including phenoxy) is 1. The Balaban J connectivity index is 1.93. The van der Waals surface area contributed by atoms with Gasteiger partial charge < -0.3 is 4.74 Å². The van der Waals surface area contributed by atoms with Crippen LogP contribution in [0.1, 0.15) is 78.4 Å². The summed E-state index contributed by atoms with van der Waals surface area (Å²) in [7, 11) is 1.76. The zero-order chi connectivity index (χ0) is 25.2. The number of rotatable bonds is 7. The average molecular weight is 471 g/mol. The minimum Gasteiger partial charge on any atom is -0.491 e. The van der Waals surface area contributed by atoms with Gasteiger partial charge in [-0.3, -0.25) is 0 Å². The van der Waals surface area contributed by atoms with Crippen molar-refractivity contribution in [2.75, 3.05) is 7.11 Å². The van der Waals surface area contributed by atoms with Gasteiger partial charge in [0.15, 0.2) is 12.3 Å². The second kappa shape index (κ2) is 10.2. The summed E-state index contributed by atoms with van der Waals surface area (Å²) < 4.78 is 8.09. The maximum Gasteiger partial charge on any atom is 0.213 e. The van der Waals surface area contributed by atoms with Gasteiger partial charge in [-0.25, -0.2) is 0 Å². The number of pyridine rings is 1. The quantitative estimate of drug-likeness (QED) is 0.316. The Hall–Kier alpha value is -2.61. The summed E-state index contributed by atoms with van der Waals surface area (Å²) in [5, 5.41) is 0. The first-order valence-electron chi connectivity index (χ1n) is 13.6. The molecule has 0 radical (unpaired) electrons. The summed E-state index contributed by atoms with van der Waals surface area (Å²) in [6, 6.07) is 20.8. The summed E-state index contributed by atoms with van der Waals surface area (Å²) >= 11 is 0. The number of benzene rings is 2. The van der Waals surface area contributed by atoms with E-state index in [2.05, 4.69) is 107 Å². The monoisotopic (exact) mass is 470 g/mol.